The topological polar surface area (TPSA) is 25.8 Å². The average molecular weight is 557 g/mol. The van der Waals surface area contributed by atoms with Crippen molar-refractivity contribution in [2.75, 3.05) is 0 Å². The van der Waals surface area contributed by atoms with E-state index in [0.717, 1.165) is 33.1 Å². The van der Waals surface area contributed by atoms with Crippen LogP contribution in [0.15, 0.2) is 146 Å². The molecule has 0 saturated heterocycles. The van der Waals surface area contributed by atoms with E-state index in [1.807, 2.05) is 12.3 Å². The molecule has 10 aromatic rings. The molecule has 2 heteroatoms. The largest absolute Gasteiger partial charge is 0.256 e. The first kappa shape index (κ1) is 23.7. The van der Waals surface area contributed by atoms with Crippen LogP contribution in [0.1, 0.15) is 0 Å². The van der Waals surface area contributed by atoms with E-state index >= 15 is 0 Å². The number of rotatable bonds is 2. The van der Waals surface area contributed by atoms with Gasteiger partial charge < -0.3 is 0 Å². The van der Waals surface area contributed by atoms with Crippen LogP contribution in [0.4, 0.5) is 0 Å². The molecule has 0 aliphatic carbocycles. The fourth-order valence-corrected chi connectivity index (χ4v) is 7.49. The Morgan fingerprint density at radius 1 is 0.364 bits per heavy atom. The van der Waals surface area contributed by atoms with Crippen molar-refractivity contribution >= 4 is 75.7 Å². The van der Waals surface area contributed by atoms with Crippen molar-refractivity contribution in [3.63, 3.8) is 0 Å². The first-order chi connectivity index (χ1) is 21.8. The fraction of sp³-hybridized carbons (Fsp3) is 0. The summed E-state index contributed by atoms with van der Waals surface area (Å²) in [4.78, 5) is 10.2. The summed E-state index contributed by atoms with van der Waals surface area (Å²) in [6, 6.07) is 50.5. The van der Waals surface area contributed by atoms with Crippen molar-refractivity contribution in [2.45, 2.75) is 0 Å². The maximum atomic E-state index is 5.31. The molecule has 0 bridgehead atoms. The van der Waals surface area contributed by atoms with E-state index in [-0.39, 0.29) is 0 Å². The van der Waals surface area contributed by atoms with Crippen LogP contribution in [0.2, 0.25) is 0 Å². The van der Waals surface area contributed by atoms with Crippen molar-refractivity contribution < 1.29 is 0 Å². The monoisotopic (exact) mass is 556 g/mol. The van der Waals surface area contributed by atoms with Crippen molar-refractivity contribution in [1.29, 1.82) is 0 Å². The minimum atomic E-state index is 0.990. The van der Waals surface area contributed by atoms with Gasteiger partial charge in [-0.1, -0.05) is 127 Å². The zero-order chi connectivity index (χ0) is 28.8. The molecule has 0 atom stereocenters. The Balaban J connectivity index is 1.24. The van der Waals surface area contributed by atoms with E-state index in [9.17, 15) is 0 Å². The van der Waals surface area contributed by atoms with Gasteiger partial charge in [0.25, 0.3) is 0 Å². The van der Waals surface area contributed by atoms with Crippen LogP contribution >= 0.6 is 0 Å². The second-order valence-electron chi connectivity index (χ2n) is 11.7. The molecule has 0 aliphatic heterocycles. The second-order valence-corrected chi connectivity index (χ2v) is 11.7. The molecular formula is C42H24N2. The molecule has 2 aromatic heterocycles. The number of aromatic nitrogens is 2. The Morgan fingerprint density at radius 3 is 1.86 bits per heavy atom. The van der Waals surface area contributed by atoms with Gasteiger partial charge in [0.15, 0.2) is 0 Å². The van der Waals surface area contributed by atoms with Crippen LogP contribution in [0.3, 0.4) is 0 Å². The number of hydrogen-bond acceptors (Lipinski definition) is 2. The lowest BCUT2D eigenvalue weighted by Gasteiger charge is -2.16. The highest BCUT2D eigenvalue weighted by atomic mass is 14.7. The van der Waals surface area contributed by atoms with Gasteiger partial charge in [0.1, 0.15) is 0 Å². The standard InChI is InChI=1S/C42H24N2/c1-2-10-33-31(9-1)39-34-11-3-4-13-36(34)44-41(40(39)35-12-6-24-43-42(33)35)29-18-14-25(15-19-29)30-22-20-28-17-16-26-7-5-8-27-21-23-32(30)38(28)37(26)27/h1-24H. The highest BCUT2D eigenvalue weighted by Gasteiger charge is 2.18. The lowest BCUT2D eigenvalue weighted by Crippen LogP contribution is -1.94. The number of pyridine rings is 2. The number of hydrogen-bond donors (Lipinski definition) is 0. The minimum Gasteiger partial charge on any atom is -0.256 e. The van der Waals surface area contributed by atoms with Gasteiger partial charge in [0.05, 0.1) is 16.7 Å². The Bertz CT molecular complexity index is 2740. The number of benzene rings is 8. The molecule has 0 unspecified atom stereocenters. The van der Waals surface area contributed by atoms with Gasteiger partial charge in [-0.3, -0.25) is 4.98 Å². The summed E-state index contributed by atoms with van der Waals surface area (Å²) in [5.41, 5.74) is 6.55. The molecule has 0 aliphatic rings. The fourth-order valence-electron chi connectivity index (χ4n) is 7.49. The summed E-state index contributed by atoms with van der Waals surface area (Å²) in [5, 5.41) is 14.9. The van der Waals surface area contributed by atoms with Crippen molar-refractivity contribution in [1.82, 2.24) is 9.97 Å². The van der Waals surface area contributed by atoms with Crippen LogP contribution < -0.4 is 0 Å². The lowest BCUT2D eigenvalue weighted by molar-refractivity contribution is 1.42. The molecule has 2 heterocycles. The van der Waals surface area contributed by atoms with E-state index in [0.29, 0.717) is 0 Å². The van der Waals surface area contributed by atoms with Crippen molar-refractivity contribution in [3.05, 3.63) is 146 Å². The quantitative estimate of drug-likeness (QED) is 0.198. The van der Waals surface area contributed by atoms with Gasteiger partial charge in [0.2, 0.25) is 0 Å². The van der Waals surface area contributed by atoms with Gasteiger partial charge in [-0.15, -0.1) is 0 Å². The molecule has 44 heavy (non-hydrogen) atoms. The van der Waals surface area contributed by atoms with Crippen LogP contribution in [0.5, 0.6) is 0 Å². The first-order valence-electron chi connectivity index (χ1n) is 15.1. The van der Waals surface area contributed by atoms with E-state index in [2.05, 4.69) is 133 Å². The summed E-state index contributed by atoms with van der Waals surface area (Å²) >= 11 is 0. The van der Waals surface area contributed by atoms with Gasteiger partial charge in [-0.25, -0.2) is 4.98 Å². The Morgan fingerprint density at radius 2 is 1.02 bits per heavy atom. The van der Waals surface area contributed by atoms with Crippen LogP contribution in [0.25, 0.3) is 98.1 Å². The molecule has 0 saturated carbocycles. The van der Waals surface area contributed by atoms with Crippen LogP contribution in [-0.2, 0) is 0 Å². The smallest absolute Gasteiger partial charge is 0.0795 e. The Labute approximate surface area is 253 Å². The third-order valence-electron chi connectivity index (χ3n) is 9.42. The van der Waals surface area contributed by atoms with E-state index in [1.165, 1.54) is 65.0 Å². The maximum Gasteiger partial charge on any atom is 0.0795 e. The summed E-state index contributed by atoms with van der Waals surface area (Å²) in [6.45, 7) is 0. The lowest BCUT2D eigenvalue weighted by atomic mass is 9.89. The molecule has 8 aromatic carbocycles. The zero-order valence-electron chi connectivity index (χ0n) is 23.8. The maximum absolute atomic E-state index is 5.31. The van der Waals surface area contributed by atoms with Gasteiger partial charge >= 0.3 is 0 Å². The summed E-state index contributed by atoms with van der Waals surface area (Å²) in [5.74, 6) is 0. The second kappa shape index (κ2) is 8.82. The number of fused-ring (bicyclic) bond motifs is 8. The predicted molar refractivity (Wildman–Crippen MR) is 187 cm³/mol. The third-order valence-corrected chi connectivity index (χ3v) is 9.42. The highest BCUT2D eigenvalue weighted by molar-refractivity contribution is 6.33. The predicted octanol–water partition coefficient (Wildman–Crippen LogP) is 11.3. The summed E-state index contributed by atoms with van der Waals surface area (Å²) < 4.78 is 0. The van der Waals surface area contributed by atoms with Crippen molar-refractivity contribution in [2.24, 2.45) is 0 Å². The molecule has 10 rings (SSSR count). The SMILES string of the molecule is c1cc2ccc3ccc(-c4ccc(-c5nc6ccccc6c6c7ccccc7c7ncccc7c56)cc4)c4ccc(c1)c2c34. The van der Waals surface area contributed by atoms with E-state index in [4.69, 9.17) is 9.97 Å². The Kier molecular flexibility index (Phi) is 4.75. The van der Waals surface area contributed by atoms with Crippen LogP contribution in [-0.4, -0.2) is 9.97 Å². The molecule has 0 amide bonds. The van der Waals surface area contributed by atoms with E-state index < -0.39 is 0 Å². The van der Waals surface area contributed by atoms with Gasteiger partial charge in [-0.2, -0.15) is 0 Å². The number of para-hydroxylation sites is 1. The molecular weight excluding hydrogens is 532 g/mol. The van der Waals surface area contributed by atoms with Gasteiger partial charge in [-0.05, 0) is 61.0 Å². The van der Waals surface area contributed by atoms with Gasteiger partial charge in [0, 0.05) is 38.7 Å². The van der Waals surface area contributed by atoms with Crippen molar-refractivity contribution in [3.8, 4) is 22.4 Å². The zero-order valence-corrected chi connectivity index (χ0v) is 23.8. The molecule has 0 N–H and O–H groups in total. The first-order valence-corrected chi connectivity index (χ1v) is 15.1. The van der Waals surface area contributed by atoms with E-state index in [1.54, 1.807) is 0 Å². The molecule has 0 fully saturated rings. The average Bonchev–Trinajstić information content (AvgIpc) is 3.10. The molecule has 0 radical (unpaired) electrons. The molecule has 2 nitrogen and oxygen atoms in total. The molecule has 202 valence electrons. The summed E-state index contributed by atoms with van der Waals surface area (Å²) in [7, 11) is 0. The highest BCUT2D eigenvalue weighted by Crippen LogP contribution is 2.43. The van der Waals surface area contributed by atoms with Crippen LogP contribution in [0, 0.1) is 0 Å². The minimum absolute atomic E-state index is 0.990. The Hall–Kier alpha value is -5.86. The normalized spacial score (nSPS) is 12.1. The summed E-state index contributed by atoms with van der Waals surface area (Å²) in [6.07, 6.45) is 1.89. The molecule has 0 spiro atoms. The number of nitrogens with zero attached hydrogens (tertiary/aromatic N) is 2. The third kappa shape index (κ3) is 3.20.